The average molecular weight is 248 g/mol. The standard InChI is InChI=1S/C8H7BrFNO2/c1-13-8(12)7-6(10)5(4-9)2-3-11-7/h2-3H,4H2,1H3. The monoisotopic (exact) mass is 247 g/mol. The second-order valence-electron chi connectivity index (χ2n) is 2.26. The number of methoxy groups -OCH3 is 1. The van der Waals surface area contributed by atoms with Gasteiger partial charge in [0.1, 0.15) is 0 Å². The highest BCUT2D eigenvalue weighted by atomic mass is 79.9. The van der Waals surface area contributed by atoms with E-state index in [-0.39, 0.29) is 5.69 Å². The van der Waals surface area contributed by atoms with Gasteiger partial charge < -0.3 is 4.74 Å². The second kappa shape index (κ2) is 4.32. The molecular formula is C8H7BrFNO2. The number of carbonyl (C=O) groups is 1. The summed E-state index contributed by atoms with van der Waals surface area (Å²) >= 11 is 3.09. The maximum atomic E-state index is 13.3. The van der Waals surface area contributed by atoms with Crippen LogP contribution in [0.3, 0.4) is 0 Å². The number of aromatic nitrogens is 1. The van der Waals surface area contributed by atoms with Crippen molar-refractivity contribution < 1.29 is 13.9 Å². The van der Waals surface area contributed by atoms with Crippen LogP contribution in [0, 0.1) is 5.82 Å². The van der Waals surface area contributed by atoms with Crippen molar-refractivity contribution in [3.63, 3.8) is 0 Å². The van der Waals surface area contributed by atoms with E-state index in [2.05, 4.69) is 25.7 Å². The number of hydrogen-bond donors (Lipinski definition) is 0. The van der Waals surface area contributed by atoms with Gasteiger partial charge in [-0.15, -0.1) is 0 Å². The molecule has 0 bridgehead atoms. The van der Waals surface area contributed by atoms with Gasteiger partial charge in [0.05, 0.1) is 7.11 Å². The lowest BCUT2D eigenvalue weighted by molar-refractivity contribution is 0.0588. The van der Waals surface area contributed by atoms with E-state index >= 15 is 0 Å². The number of halogens is 2. The van der Waals surface area contributed by atoms with Crippen molar-refractivity contribution in [3.05, 3.63) is 29.3 Å². The number of ether oxygens (including phenoxy) is 1. The molecule has 1 rings (SSSR count). The fourth-order valence-electron chi connectivity index (χ4n) is 0.826. The van der Waals surface area contributed by atoms with E-state index < -0.39 is 11.8 Å². The van der Waals surface area contributed by atoms with Gasteiger partial charge in [0.2, 0.25) is 0 Å². The number of carbonyl (C=O) groups excluding carboxylic acids is 1. The summed E-state index contributed by atoms with van der Waals surface area (Å²) in [4.78, 5) is 14.5. The fourth-order valence-corrected chi connectivity index (χ4v) is 1.26. The third-order valence-corrected chi connectivity index (χ3v) is 2.10. The topological polar surface area (TPSA) is 39.2 Å². The smallest absolute Gasteiger partial charge is 0.359 e. The number of alkyl halides is 1. The number of nitrogens with zero attached hydrogens (tertiary/aromatic N) is 1. The van der Waals surface area contributed by atoms with Gasteiger partial charge >= 0.3 is 5.97 Å². The van der Waals surface area contributed by atoms with E-state index in [1.807, 2.05) is 0 Å². The van der Waals surface area contributed by atoms with Crippen LogP contribution in [0.4, 0.5) is 4.39 Å². The van der Waals surface area contributed by atoms with Gasteiger partial charge in [-0.3, -0.25) is 0 Å². The zero-order valence-electron chi connectivity index (χ0n) is 6.88. The summed E-state index contributed by atoms with van der Waals surface area (Å²) in [6.45, 7) is 0. The minimum Gasteiger partial charge on any atom is -0.464 e. The lowest BCUT2D eigenvalue weighted by atomic mass is 10.2. The largest absolute Gasteiger partial charge is 0.464 e. The molecule has 5 heteroatoms. The molecule has 1 aromatic heterocycles. The molecule has 0 unspecified atom stereocenters. The zero-order chi connectivity index (χ0) is 9.84. The first kappa shape index (κ1) is 10.1. The SMILES string of the molecule is COC(=O)c1nccc(CBr)c1F. The lowest BCUT2D eigenvalue weighted by Gasteiger charge is -2.02. The van der Waals surface area contributed by atoms with Crippen molar-refractivity contribution in [1.29, 1.82) is 0 Å². The first-order valence-corrected chi connectivity index (χ1v) is 4.60. The Balaban J connectivity index is 3.15. The van der Waals surface area contributed by atoms with Crippen molar-refractivity contribution in [2.45, 2.75) is 5.33 Å². The Morgan fingerprint density at radius 3 is 3.00 bits per heavy atom. The molecule has 0 spiro atoms. The van der Waals surface area contributed by atoms with Crippen molar-refractivity contribution in [2.24, 2.45) is 0 Å². The Hall–Kier alpha value is -0.970. The van der Waals surface area contributed by atoms with Crippen LogP contribution in [-0.4, -0.2) is 18.1 Å². The summed E-state index contributed by atoms with van der Waals surface area (Å²) in [5.41, 5.74) is 0.106. The molecule has 0 aliphatic carbocycles. The van der Waals surface area contributed by atoms with Crippen molar-refractivity contribution in [2.75, 3.05) is 7.11 Å². The van der Waals surface area contributed by atoms with Gasteiger partial charge in [0, 0.05) is 17.1 Å². The molecule has 0 radical (unpaired) electrons. The molecule has 1 aromatic rings. The van der Waals surface area contributed by atoms with Crippen LogP contribution in [0.1, 0.15) is 16.1 Å². The molecule has 13 heavy (non-hydrogen) atoms. The quantitative estimate of drug-likeness (QED) is 0.592. The molecule has 0 atom stereocenters. The number of hydrogen-bond acceptors (Lipinski definition) is 3. The highest BCUT2D eigenvalue weighted by molar-refractivity contribution is 9.08. The molecule has 0 aromatic carbocycles. The molecule has 0 saturated heterocycles. The molecule has 1 heterocycles. The molecule has 0 aliphatic rings. The third kappa shape index (κ3) is 2.03. The summed E-state index contributed by atoms with van der Waals surface area (Å²) in [6.07, 6.45) is 1.37. The molecular weight excluding hydrogens is 241 g/mol. The van der Waals surface area contributed by atoms with E-state index in [1.54, 1.807) is 0 Å². The van der Waals surface area contributed by atoms with Crippen LogP contribution < -0.4 is 0 Å². The van der Waals surface area contributed by atoms with Gasteiger partial charge in [0.25, 0.3) is 0 Å². The predicted molar refractivity (Wildman–Crippen MR) is 48.2 cm³/mol. The van der Waals surface area contributed by atoms with Crippen LogP contribution in [0.15, 0.2) is 12.3 Å². The molecule has 0 saturated carbocycles. The Bertz CT molecular complexity index is 330. The van der Waals surface area contributed by atoms with Crippen LogP contribution in [0.25, 0.3) is 0 Å². The molecule has 70 valence electrons. The summed E-state index contributed by atoms with van der Waals surface area (Å²) in [6, 6.07) is 1.50. The summed E-state index contributed by atoms with van der Waals surface area (Å²) < 4.78 is 17.7. The zero-order valence-corrected chi connectivity index (χ0v) is 8.47. The fraction of sp³-hybridized carbons (Fsp3) is 0.250. The highest BCUT2D eigenvalue weighted by Crippen LogP contribution is 2.13. The number of rotatable bonds is 2. The van der Waals surface area contributed by atoms with Gasteiger partial charge in [-0.2, -0.15) is 0 Å². The highest BCUT2D eigenvalue weighted by Gasteiger charge is 2.15. The summed E-state index contributed by atoms with van der Waals surface area (Å²) in [5.74, 6) is -1.40. The Kier molecular flexibility index (Phi) is 3.36. The van der Waals surface area contributed by atoms with Crippen molar-refractivity contribution in [3.8, 4) is 0 Å². The molecule has 0 N–H and O–H groups in total. The second-order valence-corrected chi connectivity index (χ2v) is 2.82. The maximum Gasteiger partial charge on any atom is 0.359 e. The molecule has 0 fully saturated rings. The molecule has 0 aliphatic heterocycles. The first-order valence-electron chi connectivity index (χ1n) is 3.48. The van der Waals surface area contributed by atoms with E-state index in [9.17, 15) is 9.18 Å². The van der Waals surface area contributed by atoms with Crippen LogP contribution >= 0.6 is 15.9 Å². The van der Waals surface area contributed by atoms with E-state index in [0.717, 1.165) is 0 Å². The van der Waals surface area contributed by atoms with Crippen molar-refractivity contribution in [1.82, 2.24) is 4.98 Å². The van der Waals surface area contributed by atoms with E-state index in [4.69, 9.17) is 0 Å². The normalized spacial score (nSPS) is 9.77. The Morgan fingerprint density at radius 2 is 2.46 bits per heavy atom. The lowest BCUT2D eigenvalue weighted by Crippen LogP contribution is -2.08. The van der Waals surface area contributed by atoms with E-state index in [1.165, 1.54) is 19.4 Å². The van der Waals surface area contributed by atoms with Gasteiger partial charge in [-0.05, 0) is 6.07 Å². The molecule has 0 amide bonds. The van der Waals surface area contributed by atoms with E-state index in [0.29, 0.717) is 10.9 Å². The van der Waals surface area contributed by atoms with Gasteiger partial charge in [-0.1, -0.05) is 15.9 Å². The minimum atomic E-state index is -0.764. The maximum absolute atomic E-state index is 13.3. The van der Waals surface area contributed by atoms with Gasteiger partial charge in [0.15, 0.2) is 11.5 Å². The van der Waals surface area contributed by atoms with Gasteiger partial charge in [-0.25, -0.2) is 14.2 Å². The number of esters is 1. The predicted octanol–water partition coefficient (Wildman–Crippen LogP) is 1.90. The third-order valence-electron chi connectivity index (χ3n) is 1.49. The Morgan fingerprint density at radius 1 is 1.77 bits per heavy atom. The molecule has 3 nitrogen and oxygen atoms in total. The summed E-state index contributed by atoms with van der Waals surface area (Å²) in [7, 11) is 1.18. The minimum absolute atomic E-state index is 0.278. The number of pyridine rings is 1. The Labute approximate surface area is 83.1 Å². The van der Waals surface area contributed by atoms with Crippen LogP contribution in [-0.2, 0) is 10.1 Å². The summed E-state index contributed by atoms with van der Waals surface area (Å²) in [5, 5.41) is 0.339. The van der Waals surface area contributed by atoms with Crippen molar-refractivity contribution >= 4 is 21.9 Å². The van der Waals surface area contributed by atoms with Crippen LogP contribution in [0.5, 0.6) is 0 Å². The van der Waals surface area contributed by atoms with Crippen LogP contribution in [0.2, 0.25) is 0 Å². The first-order chi connectivity index (χ1) is 6.20. The average Bonchev–Trinajstić information content (AvgIpc) is 2.17.